The maximum Gasteiger partial charge on any atom is 0.254 e. The van der Waals surface area contributed by atoms with Gasteiger partial charge < -0.3 is 14.9 Å². The molecule has 30 heavy (non-hydrogen) atoms. The lowest BCUT2D eigenvalue weighted by Gasteiger charge is -2.43. The molecule has 3 aromatic carbocycles. The van der Waals surface area contributed by atoms with Crippen LogP contribution in [0.1, 0.15) is 15.9 Å². The molecular weight excluding hydrogens is 400 g/mol. The van der Waals surface area contributed by atoms with Gasteiger partial charge in [-0.05, 0) is 52.2 Å². The van der Waals surface area contributed by atoms with E-state index in [-0.39, 0.29) is 23.6 Å². The molecule has 0 radical (unpaired) electrons. The van der Waals surface area contributed by atoms with Crippen molar-refractivity contribution in [1.29, 1.82) is 0 Å². The molecule has 1 saturated heterocycles. The van der Waals surface area contributed by atoms with Crippen LogP contribution < -0.4 is 0 Å². The summed E-state index contributed by atoms with van der Waals surface area (Å²) in [6.07, 6.45) is 1.29. The molecule has 1 N–H and O–H groups in total. The number of hydrogen-bond donors (Lipinski definition) is 1. The van der Waals surface area contributed by atoms with Crippen molar-refractivity contribution in [3.05, 3.63) is 77.3 Å². The highest BCUT2D eigenvalue weighted by Gasteiger charge is 2.40. The number of fused-ring (bicyclic) bond motifs is 2. The van der Waals surface area contributed by atoms with Gasteiger partial charge in [0.1, 0.15) is 5.75 Å². The van der Waals surface area contributed by atoms with Crippen molar-refractivity contribution in [3.8, 4) is 16.9 Å². The lowest BCUT2D eigenvalue weighted by atomic mass is 9.95. The second-order valence-corrected chi connectivity index (χ2v) is 8.15. The summed E-state index contributed by atoms with van der Waals surface area (Å²) >= 11 is 6.63. The number of benzene rings is 3. The first-order chi connectivity index (χ1) is 14.5. The topological polar surface area (TPSA) is 60.9 Å². The van der Waals surface area contributed by atoms with E-state index in [0.717, 1.165) is 27.5 Å². The highest BCUT2D eigenvalue weighted by atomic mass is 35.5. The molecule has 2 aliphatic heterocycles. The zero-order valence-corrected chi connectivity index (χ0v) is 16.9. The van der Waals surface area contributed by atoms with E-state index in [2.05, 4.69) is 6.58 Å². The molecule has 0 unspecified atom stereocenters. The van der Waals surface area contributed by atoms with E-state index in [9.17, 15) is 14.7 Å². The number of hydrogen-bond acceptors (Lipinski definition) is 3. The molecule has 2 heterocycles. The number of aromatic hydroxyl groups is 1. The molecule has 0 saturated carbocycles. The lowest BCUT2D eigenvalue weighted by Crippen LogP contribution is -2.60. The van der Waals surface area contributed by atoms with Crippen LogP contribution in [0.15, 0.2) is 61.2 Å². The van der Waals surface area contributed by atoms with Crippen molar-refractivity contribution in [2.75, 3.05) is 13.1 Å². The molecule has 0 aliphatic carbocycles. The summed E-state index contributed by atoms with van der Waals surface area (Å²) in [6.45, 7) is 5.02. The van der Waals surface area contributed by atoms with Gasteiger partial charge in [0.2, 0.25) is 5.91 Å². The third kappa shape index (κ3) is 2.85. The SMILES string of the molecule is C=CC(=O)N1CC(N2Cc3cc(Cl)c(-c4cc(O)cc5ccccc45)cc3C2=O)C1. The minimum Gasteiger partial charge on any atom is -0.508 e. The molecular formula is C24H19ClN2O3. The van der Waals surface area contributed by atoms with Gasteiger partial charge in [-0.15, -0.1) is 0 Å². The lowest BCUT2D eigenvalue weighted by molar-refractivity contribution is -0.132. The fraction of sp³-hybridized carbons (Fsp3) is 0.167. The Hall–Kier alpha value is -3.31. The number of phenols is 1. The van der Waals surface area contributed by atoms with Crippen molar-refractivity contribution in [1.82, 2.24) is 9.80 Å². The summed E-state index contributed by atoms with van der Waals surface area (Å²) in [5, 5.41) is 12.6. The Labute approximate surface area is 178 Å². The Balaban J connectivity index is 1.51. The summed E-state index contributed by atoms with van der Waals surface area (Å²) in [7, 11) is 0. The Kier molecular flexibility index (Phi) is 4.29. The summed E-state index contributed by atoms with van der Waals surface area (Å²) in [4.78, 5) is 28.3. The normalized spacial score (nSPS) is 16.0. The number of amides is 2. The van der Waals surface area contributed by atoms with Crippen molar-refractivity contribution in [2.24, 2.45) is 0 Å². The molecule has 0 bridgehead atoms. The molecule has 6 heteroatoms. The second kappa shape index (κ2) is 6.89. The Morgan fingerprint density at radius 1 is 1.10 bits per heavy atom. The highest BCUT2D eigenvalue weighted by Crippen LogP contribution is 2.40. The van der Waals surface area contributed by atoms with Crippen LogP contribution in [0.2, 0.25) is 5.02 Å². The van der Waals surface area contributed by atoms with E-state index in [1.807, 2.05) is 36.4 Å². The zero-order chi connectivity index (χ0) is 21.0. The zero-order valence-electron chi connectivity index (χ0n) is 16.1. The van der Waals surface area contributed by atoms with Crippen molar-refractivity contribution in [2.45, 2.75) is 12.6 Å². The minimum atomic E-state index is -0.114. The van der Waals surface area contributed by atoms with Gasteiger partial charge >= 0.3 is 0 Å². The van der Waals surface area contributed by atoms with Crippen LogP contribution in [-0.4, -0.2) is 45.9 Å². The van der Waals surface area contributed by atoms with E-state index in [4.69, 9.17) is 11.6 Å². The van der Waals surface area contributed by atoms with Gasteiger partial charge in [-0.3, -0.25) is 9.59 Å². The predicted octanol–water partition coefficient (Wildman–Crippen LogP) is 4.22. The van der Waals surface area contributed by atoms with Gasteiger partial charge in [-0.2, -0.15) is 0 Å². The van der Waals surface area contributed by atoms with Crippen LogP contribution >= 0.6 is 11.6 Å². The standard InChI is InChI=1S/C24H19ClN2O3/c1-2-23(29)26-12-16(13-26)27-11-15-8-22(25)21(10-19(15)24(27)30)20-9-17(28)7-14-5-3-4-6-18(14)20/h2-10,16,28H,1,11-13H2. The molecule has 2 amide bonds. The van der Waals surface area contributed by atoms with E-state index in [0.29, 0.717) is 30.2 Å². The average molecular weight is 419 g/mol. The molecule has 0 atom stereocenters. The molecule has 0 aromatic heterocycles. The van der Waals surface area contributed by atoms with Gasteiger partial charge in [0.15, 0.2) is 0 Å². The third-order valence-corrected chi connectivity index (χ3v) is 6.26. The smallest absolute Gasteiger partial charge is 0.254 e. The van der Waals surface area contributed by atoms with Crippen LogP contribution in [-0.2, 0) is 11.3 Å². The first-order valence-corrected chi connectivity index (χ1v) is 10.1. The van der Waals surface area contributed by atoms with Gasteiger partial charge in [-0.1, -0.05) is 42.4 Å². The number of halogens is 1. The number of nitrogens with zero attached hydrogens (tertiary/aromatic N) is 2. The van der Waals surface area contributed by atoms with Crippen molar-refractivity contribution >= 4 is 34.2 Å². The van der Waals surface area contributed by atoms with Gasteiger partial charge in [0.05, 0.1) is 6.04 Å². The molecule has 0 spiro atoms. The number of carbonyl (C=O) groups excluding carboxylic acids is 2. The van der Waals surface area contributed by atoms with E-state index >= 15 is 0 Å². The average Bonchev–Trinajstić information content (AvgIpc) is 3.00. The number of likely N-dealkylation sites (tertiary alicyclic amines) is 1. The van der Waals surface area contributed by atoms with Crippen LogP contribution in [0, 0.1) is 0 Å². The van der Waals surface area contributed by atoms with Crippen molar-refractivity contribution < 1.29 is 14.7 Å². The Morgan fingerprint density at radius 2 is 1.87 bits per heavy atom. The minimum absolute atomic E-state index is 0.00220. The molecule has 3 aromatic rings. The first kappa shape index (κ1) is 18.7. The van der Waals surface area contributed by atoms with Gasteiger partial charge in [-0.25, -0.2) is 0 Å². The molecule has 5 nitrogen and oxygen atoms in total. The van der Waals surface area contributed by atoms with Crippen LogP contribution in [0.5, 0.6) is 5.75 Å². The first-order valence-electron chi connectivity index (χ1n) is 9.73. The van der Waals surface area contributed by atoms with E-state index < -0.39 is 0 Å². The van der Waals surface area contributed by atoms with E-state index in [1.54, 1.807) is 21.9 Å². The maximum absolute atomic E-state index is 13.1. The predicted molar refractivity (Wildman–Crippen MR) is 116 cm³/mol. The van der Waals surface area contributed by atoms with Crippen LogP contribution in [0.4, 0.5) is 0 Å². The molecule has 2 aliphatic rings. The van der Waals surface area contributed by atoms with Crippen molar-refractivity contribution in [3.63, 3.8) is 0 Å². The highest BCUT2D eigenvalue weighted by molar-refractivity contribution is 6.34. The number of phenolic OH excluding ortho intramolecular Hbond substituents is 1. The Bertz CT molecular complexity index is 1230. The molecule has 150 valence electrons. The van der Waals surface area contributed by atoms with Crippen LogP contribution in [0.3, 0.4) is 0 Å². The van der Waals surface area contributed by atoms with E-state index in [1.165, 1.54) is 6.08 Å². The number of rotatable bonds is 3. The quantitative estimate of drug-likeness (QED) is 0.648. The third-order valence-electron chi connectivity index (χ3n) is 5.95. The summed E-state index contributed by atoms with van der Waals surface area (Å²) in [6, 6.07) is 14.8. The number of carbonyl (C=O) groups is 2. The second-order valence-electron chi connectivity index (χ2n) is 7.74. The molecule has 1 fully saturated rings. The maximum atomic E-state index is 13.1. The van der Waals surface area contributed by atoms with Crippen LogP contribution in [0.25, 0.3) is 21.9 Å². The fourth-order valence-corrected chi connectivity index (χ4v) is 4.62. The Morgan fingerprint density at radius 3 is 2.63 bits per heavy atom. The molecule has 5 rings (SSSR count). The van der Waals surface area contributed by atoms with Gasteiger partial charge in [0, 0.05) is 35.8 Å². The largest absolute Gasteiger partial charge is 0.508 e. The summed E-state index contributed by atoms with van der Waals surface area (Å²) < 4.78 is 0. The van der Waals surface area contributed by atoms with Gasteiger partial charge in [0.25, 0.3) is 5.91 Å². The summed E-state index contributed by atoms with van der Waals surface area (Å²) in [5.41, 5.74) is 3.01. The summed E-state index contributed by atoms with van der Waals surface area (Å²) in [5.74, 6) is -0.0192. The fourth-order valence-electron chi connectivity index (χ4n) is 4.33. The monoisotopic (exact) mass is 418 g/mol.